The number of hydrogen-bond donors (Lipinski definition) is 3. The zero-order valence-corrected chi connectivity index (χ0v) is 11.5. The third-order valence-corrected chi connectivity index (χ3v) is 4.87. The van der Waals surface area contributed by atoms with Crippen LogP contribution in [0.4, 0.5) is 0 Å². The highest BCUT2D eigenvalue weighted by Gasteiger charge is 2.60. The Kier molecular flexibility index (Phi) is 3.21. The number of rotatable bonds is 1. The van der Waals surface area contributed by atoms with Crippen LogP contribution in [0.3, 0.4) is 0 Å². The first-order valence-corrected chi connectivity index (χ1v) is 6.66. The number of hydrogen-bond acceptors (Lipinski definition) is 3. The van der Waals surface area contributed by atoms with Crippen molar-refractivity contribution in [1.29, 1.82) is 0 Å². The Morgan fingerprint density at radius 1 is 1.22 bits per heavy atom. The molecule has 0 heterocycles. The summed E-state index contributed by atoms with van der Waals surface area (Å²) in [4.78, 5) is 0. The van der Waals surface area contributed by atoms with Crippen LogP contribution in [0.1, 0.15) is 40.0 Å². The second-order valence-electron chi connectivity index (χ2n) is 6.68. The summed E-state index contributed by atoms with van der Waals surface area (Å²) < 4.78 is 0. The van der Waals surface area contributed by atoms with E-state index in [1.807, 2.05) is 6.08 Å². The van der Waals surface area contributed by atoms with Gasteiger partial charge in [0.2, 0.25) is 0 Å². The maximum atomic E-state index is 10.9. The number of allylic oxidation sites excluding steroid dienone is 2. The molecule has 0 radical (unpaired) electrons. The van der Waals surface area contributed by atoms with Gasteiger partial charge in [0, 0.05) is 5.92 Å². The molecule has 2 rings (SSSR count). The fourth-order valence-corrected chi connectivity index (χ4v) is 3.33. The second kappa shape index (κ2) is 4.19. The molecule has 3 nitrogen and oxygen atoms in total. The Morgan fingerprint density at radius 2 is 1.89 bits per heavy atom. The van der Waals surface area contributed by atoms with E-state index in [0.717, 1.165) is 12.0 Å². The lowest BCUT2D eigenvalue weighted by molar-refractivity contribution is -0.197. The first-order valence-electron chi connectivity index (χ1n) is 6.66. The fraction of sp³-hybridized carbons (Fsp3) is 0.733. The lowest BCUT2D eigenvalue weighted by Gasteiger charge is -2.60. The molecule has 18 heavy (non-hydrogen) atoms. The van der Waals surface area contributed by atoms with Crippen LogP contribution in [0.15, 0.2) is 23.8 Å². The van der Waals surface area contributed by atoms with Crippen molar-refractivity contribution in [2.45, 2.75) is 51.2 Å². The van der Waals surface area contributed by atoms with Crippen molar-refractivity contribution in [2.24, 2.45) is 11.3 Å². The highest BCUT2D eigenvalue weighted by Crippen LogP contribution is 2.59. The smallest absolute Gasteiger partial charge is 0.0803 e. The van der Waals surface area contributed by atoms with Crippen LogP contribution < -0.4 is 0 Å². The highest BCUT2D eigenvalue weighted by molar-refractivity contribution is 5.28. The lowest BCUT2D eigenvalue weighted by Crippen LogP contribution is -2.62. The highest BCUT2D eigenvalue weighted by atomic mass is 16.3. The molecule has 3 heteroatoms. The van der Waals surface area contributed by atoms with Gasteiger partial charge < -0.3 is 15.3 Å². The van der Waals surface area contributed by atoms with Crippen molar-refractivity contribution in [1.82, 2.24) is 0 Å². The molecule has 0 aromatic heterocycles. The number of aliphatic hydroxyl groups excluding tert-OH is 1. The van der Waals surface area contributed by atoms with Crippen LogP contribution in [0.5, 0.6) is 0 Å². The van der Waals surface area contributed by atoms with Gasteiger partial charge in [0.25, 0.3) is 0 Å². The Bertz CT molecular complexity index is 393. The van der Waals surface area contributed by atoms with Gasteiger partial charge in [-0.15, -0.1) is 0 Å². The zero-order valence-electron chi connectivity index (χ0n) is 11.5. The van der Waals surface area contributed by atoms with E-state index >= 15 is 0 Å². The molecule has 0 amide bonds. The van der Waals surface area contributed by atoms with Crippen molar-refractivity contribution in [3.8, 4) is 0 Å². The summed E-state index contributed by atoms with van der Waals surface area (Å²) in [5.41, 5.74) is -1.01. The van der Waals surface area contributed by atoms with E-state index in [9.17, 15) is 15.3 Å². The van der Waals surface area contributed by atoms with E-state index in [-0.39, 0.29) is 17.9 Å². The van der Waals surface area contributed by atoms with Gasteiger partial charge in [-0.2, -0.15) is 0 Å². The molecule has 0 aromatic rings. The Labute approximate surface area is 109 Å². The van der Waals surface area contributed by atoms with E-state index in [2.05, 4.69) is 13.8 Å². The van der Waals surface area contributed by atoms with E-state index in [0.29, 0.717) is 12.8 Å². The molecule has 3 atom stereocenters. The summed E-state index contributed by atoms with van der Waals surface area (Å²) in [7, 11) is 0. The maximum Gasteiger partial charge on any atom is 0.0803 e. The van der Waals surface area contributed by atoms with Gasteiger partial charge in [-0.1, -0.05) is 32.1 Å². The van der Waals surface area contributed by atoms with E-state index < -0.39 is 11.2 Å². The monoisotopic (exact) mass is 252 g/mol. The third kappa shape index (κ3) is 2.04. The van der Waals surface area contributed by atoms with Crippen molar-refractivity contribution in [3.05, 3.63) is 23.8 Å². The second-order valence-corrected chi connectivity index (χ2v) is 6.68. The quantitative estimate of drug-likeness (QED) is 0.666. The zero-order chi connectivity index (χ0) is 13.6. The first kappa shape index (κ1) is 13.8. The Morgan fingerprint density at radius 3 is 2.44 bits per heavy atom. The number of fused-ring (bicyclic) bond motifs is 1. The standard InChI is InChI=1S/C15H24O3/c1-13(2)9-12-11(10-16)5-4-6-14(3,17)7-8-15(12,13)18/h4-6,12,16-18H,7-10H2,1-3H3/b6-4+,11-5+/t12?,14-,15+/m1/s1. The fourth-order valence-electron chi connectivity index (χ4n) is 3.33. The van der Waals surface area contributed by atoms with E-state index in [1.54, 1.807) is 19.1 Å². The van der Waals surface area contributed by atoms with Crippen molar-refractivity contribution < 1.29 is 15.3 Å². The Balaban J connectivity index is 2.36. The van der Waals surface area contributed by atoms with Crippen molar-refractivity contribution >= 4 is 0 Å². The average Bonchev–Trinajstić information content (AvgIpc) is 2.32. The molecule has 102 valence electrons. The Hall–Kier alpha value is -0.640. The van der Waals surface area contributed by atoms with Crippen molar-refractivity contribution in [2.75, 3.05) is 6.61 Å². The van der Waals surface area contributed by atoms with Crippen LogP contribution in [0.2, 0.25) is 0 Å². The van der Waals surface area contributed by atoms with Crippen LogP contribution in [-0.4, -0.2) is 33.1 Å². The van der Waals surface area contributed by atoms with Gasteiger partial charge in [0.15, 0.2) is 0 Å². The normalized spacial score (nSPS) is 47.7. The summed E-state index contributed by atoms with van der Waals surface area (Å²) in [6.45, 7) is 5.83. The molecule has 0 aromatic carbocycles. The molecule has 1 saturated carbocycles. The average molecular weight is 252 g/mol. The van der Waals surface area contributed by atoms with Crippen molar-refractivity contribution in [3.63, 3.8) is 0 Å². The van der Waals surface area contributed by atoms with Crippen LogP contribution in [0, 0.1) is 11.3 Å². The molecule has 0 aliphatic heterocycles. The maximum absolute atomic E-state index is 10.9. The summed E-state index contributed by atoms with van der Waals surface area (Å²) in [5.74, 6) is 0.0102. The van der Waals surface area contributed by atoms with Gasteiger partial charge in [-0.25, -0.2) is 0 Å². The summed E-state index contributed by atoms with van der Waals surface area (Å²) in [6.07, 6.45) is 7.34. The van der Waals surface area contributed by atoms with Gasteiger partial charge >= 0.3 is 0 Å². The molecule has 2 aliphatic carbocycles. The summed E-state index contributed by atoms with van der Waals surface area (Å²) in [5, 5.41) is 30.6. The molecule has 0 saturated heterocycles. The number of aliphatic hydroxyl groups is 3. The minimum atomic E-state index is -0.895. The molecule has 0 spiro atoms. The molecular formula is C15H24O3. The molecular weight excluding hydrogens is 228 g/mol. The lowest BCUT2D eigenvalue weighted by atomic mass is 9.48. The minimum Gasteiger partial charge on any atom is -0.392 e. The van der Waals surface area contributed by atoms with Gasteiger partial charge in [0.1, 0.15) is 0 Å². The third-order valence-electron chi connectivity index (χ3n) is 4.87. The SMILES string of the molecule is CC1(C)CC2/C(CO)=C/C=C/[C@@](C)(O)CC[C@]21O. The summed E-state index contributed by atoms with van der Waals surface area (Å²) >= 11 is 0. The predicted molar refractivity (Wildman–Crippen MR) is 71.0 cm³/mol. The van der Waals surface area contributed by atoms with E-state index in [1.165, 1.54) is 0 Å². The van der Waals surface area contributed by atoms with Crippen LogP contribution >= 0.6 is 0 Å². The topological polar surface area (TPSA) is 60.7 Å². The molecule has 0 bridgehead atoms. The predicted octanol–water partition coefficient (Wildman–Crippen LogP) is 1.78. The van der Waals surface area contributed by atoms with Crippen LogP contribution in [-0.2, 0) is 0 Å². The molecule has 2 aliphatic rings. The summed E-state index contributed by atoms with van der Waals surface area (Å²) in [6, 6.07) is 0. The largest absolute Gasteiger partial charge is 0.392 e. The molecule has 1 fully saturated rings. The minimum absolute atomic E-state index is 0.0102. The molecule has 1 unspecified atom stereocenters. The first-order chi connectivity index (χ1) is 8.22. The van der Waals surface area contributed by atoms with Gasteiger partial charge in [0.05, 0.1) is 17.8 Å². The van der Waals surface area contributed by atoms with Gasteiger partial charge in [-0.3, -0.25) is 0 Å². The molecule has 3 N–H and O–H groups in total. The van der Waals surface area contributed by atoms with Crippen LogP contribution in [0.25, 0.3) is 0 Å². The van der Waals surface area contributed by atoms with Gasteiger partial charge in [-0.05, 0) is 37.2 Å². The van der Waals surface area contributed by atoms with E-state index in [4.69, 9.17) is 0 Å².